The van der Waals surface area contributed by atoms with Gasteiger partial charge in [0.1, 0.15) is 18.1 Å². The van der Waals surface area contributed by atoms with Gasteiger partial charge in [-0.25, -0.2) is 4.90 Å². The van der Waals surface area contributed by atoms with Crippen LogP contribution in [-0.2, 0) is 14.4 Å². The maximum absolute atomic E-state index is 13.9. The lowest BCUT2D eigenvalue weighted by Gasteiger charge is -2.45. The van der Waals surface area contributed by atoms with Crippen LogP contribution in [0.4, 0.5) is 5.69 Å². The van der Waals surface area contributed by atoms with Gasteiger partial charge in [0, 0.05) is 24.3 Å². The molecule has 222 valence electrons. The predicted octanol–water partition coefficient (Wildman–Crippen LogP) is 5.80. The lowest BCUT2D eigenvalue weighted by molar-refractivity contribution is -0.132. The number of carbonyl (C=O) groups excluding carboxylic acids is 2. The molecule has 0 unspecified atom stereocenters. The molecule has 0 spiro atoms. The second-order valence-electron chi connectivity index (χ2n) is 11.8. The van der Waals surface area contributed by atoms with Crippen LogP contribution in [0.3, 0.4) is 0 Å². The van der Waals surface area contributed by atoms with Crippen molar-refractivity contribution in [1.29, 1.82) is 0 Å². The Labute approximate surface area is 247 Å². The van der Waals surface area contributed by atoms with Crippen molar-refractivity contribution in [2.75, 3.05) is 11.5 Å². The SMILES string of the molecule is CC(C)=CCC/C(C)=C/CO/N=C1\C[C@@H](O)[C@@H](O)[C@@H]2[C@@H]3C(=O)N(c4cccc(Oc5ccccc5)c4)C(=O)[C@@H]3CC[C@@H]12. The normalized spacial score (nSPS) is 28.4. The first-order valence-electron chi connectivity index (χ1n) is 14.8. The summed E-state index contributed by atoms with van der Waals surface area (Å²) in [6.07, 6.45) is 5.15. The Balaban J connectivity index is 1.31. The Morgan fingerprint density at radius 3 is 2.45 bits per heavy atom. The number of nitrogens with zero attached hydrogens (tertiary/aromatic N) is 2. The van der Waals surface area contributed by atoms with Crippen LogP contribution in [-0.4, -0.2) is 46.6 Å². The van der Waals surface area contributed by atoms with Crippen LogP contribution in [0.25, 0.3) is 0 Å². The molecule has 0 bridgehead atoms. The number of aliphatic hydroxyl groups is 2. The third-order valence-corrected chi connectivity index (χ3v) is 8.61. The van der Waals surface area contributed by atoms with Gasteiger partial charge in [0.15, 0.2) is 0 Å². The second-order valence-corrected chi connectivity index (χ2v) is 11.8. The molecule has 3 aliphatic rings. The van der Waals surface area contributed by atoms with Gasteiger partial charge in [0.2, 0.25) is 11.8 Å². The van der Waals surface area contributed by atoms with Gasteiger partial charge in [-0.3, -0.25) is 9.59 Å². The summed E-state index contributed by atoms with van der Waals surface area (Å²) in [6, 6.07) is 16.2. The summed E-state index contributed by atoms with van der Waals surface area (Å²) in [7, 11) is 0. The molecule has 0 radical (unpaired) electrons. The van der Waals surface area contributed by atoms with Crippen molar-refractivity contribution in [2.24, 2.45) is 28.8 Å². The van der Waals surface area contributed by atoms with Crippen molar-refractivity contribution >= 4 is 23.2 Å². The quantitative estimate of drug-likeness (QED) is 0.170. The molecule has 0 aromatic heterocycles. The Morgan fingerprint density at radius 2 is 1.69 bits per heavy atom. The number of hydrogen-bond donors (Lipinski definition) is 2. The molecule has 6 atom stereocenters. The van der Waals surface area contributed by atoms with E-state index in [1.165, 1.54) is 16.0 Å². The summed E-state index contributed by atoms with van der Waals surface area (Å²) in [4.78, 5) is 34.4. The Kier molecular flexibility index (Phi) is 9.24. The molecular weight excluding hydrogens is 532 g/mol. The van der Waals surface area contributed by atoms with Crippen LogP contribution in [0.5, 0.6) is 11.5 Å². The van der Waals surface area contributed by atoms with Gasteiger partial charge >= 0.3 is 0 Å². The van der Waals surface area contributed by atoms with Crippen molar-refractivity contribution in [3.8, 4) is 11.5 Å². The molecule has 42 heavy (non-hydrogen) atoms. The number of benzene rings is 2. The van der Waals surface area contributed by atoms with Gasteiger partial charge in [-0.2, -0.15) is 0 Å². The van der Waals surface area contributed by atoms with E-state index in [2.05, 4.69) is 32.0 Å². The number of carbonyl (C=O) groups is 2. The molecule has 2 aromatic carbocycles. The Hall–Kier alpha value is -3.75. The number of rotatable bonds is 9. The highest BCUT2D eigenvalue weighted by Gasteiger charge is 2.60. The van der Waals surface area contributed by atoms with Gasteiger partial charge in [-0.15, -0.1) is 0 Å². The van der Waals surface area contributed by atoms with Gasteiger partial charge in [-0.1, -0.05) is 46.6 Å². The summed E-state index contributed by atoms with van der Waals surface area (Å²) >= 11 is 0. The van der Waals surface area contributed by atoms with Crippen LogP contribution in [0.2, 0.25) is 0 Å². The first-order valence-corrected chi connectivity index (χ1v) is 14.8. The molecule has 3 fully saturated rings. The lowest BCUT2D eigenvalue weighted by atomic mass is 9.60. The molecule has 5 rings (SSSR count). The second kappa shape index (κ2) is 13.0. The molecular formula is C34H40N2O6. The molecule has 1 heterocycles. The number of amides is 2. The molecule has 2 saturated carbocycles. The lowest BCUT2D eigenvalue weighted by Crippen LogP contribution is -2.54. The number of fused-ring (bicyclic) bond motifs is 3. The Bertz CT molecular complexity index is 1380. The minimum absolute atomic E-state index is 0.174. The van der Waals surface area contributed by atoms with Crippen LogP contribution in [0.15, 0.2) is 83.1 Å². The summed E-state index contributed by atoms with van der Waals surface area (Å²) in [5, 5.41) is 26.3. The predicted molar refractivity (Wildman–Crippen MR) is 161 cm³/mol. The first-order chi connectivity index (χ1) is 20.2. The van der Waals surface area contributed by atoms with Crippen molar-refractivity contribution in [2.45, 2.75) is 65.1 Å². The monoisotopic (exact) mass is 572 g/mol. The fraction of sp³-hybridized carbons (Fsp3) is 0.441. The van der Waals surface area contributed by atoms with Gasteiger partial charge < -0.3 is 19.8 Å². The zero-order chi connectivity index (χ0) is 29.8. The smallest absolute Gasteiger partial charge is 0.238 e. The van der Waals surface area contributed by atoms with Crippen LogP contribution in [0.1, 0.15) is 52.9 Å². The minimum atomic E-state index is -1.14. The van der Waals surface area contributed by atoms with Crippen molar-refractivity contribution in [3.05, 3.63) is 77.9 Å². The molecule has 2 aliphatic carbocycles. The minimum Gasteiger partial charge on any atom is -0.457 e. The zero-order valence-corrected chi connectivity index (χ0v) is 24.5. The largest absolute Gasteiger partial charge is 0.457 e. The summed E-state index contributed by atoms with van der Waals surface area (Å²) in [5.41, 5.74) is 3.57. The van der Waals surface area contributed by atoms with E-state index in [0.717, 1.165) is 12.8 Å². The zero-order valence-electron chi connectivity index (χ0n) is 24.5. The number of ether oxygens (including phenoxy) is 1. The number of allylic oxidation sites excluding steroid dienone is 3. The van der Waals surface area contributed by atoms with E-state index >= 15 is 0 Å². The van der Waals surface area contributed by atoms with E-state index in [4.69, 9.17) is 9.57 Å². The number of oxime groups is 1. The van der Waals surface area contributed by atoms with Crippen LogP contribution in [0, 0.1) is 23.7 Å². The number of imide groups is 1. The maximum atomic E-state index is 13.9. The highest BCUT2D eigenvalue weighted by atomic mass is 16.6. The third kappa shape index (κ3) is 6.35. The van der Waals surface area contributed by atoms with Gasteiger partial charge in [0.05, 0.1) is 35.4 Å². The average molecular weight is 573 g/mol. The molecule has 2 N–H and O–H groups in total. The average Bonchev–Trinajstić information content (AvgIpc) is 3.23. The van der Waals surface area contributed by atoms with Crippen LogP contribution < -0.4 is 9.64 Å². The van der Waals surface area contributed by atoms with E-state index in [1.54, 1.807) is 24.3 Å². The molecule has 2 amide bonds. The highest BCUT2D eigenvalue weighted by molar-refractivity contribution is 6.22. The van der Waals surface area contributed by atoms with Crippen molar-refractivity contribution < 1.29 is 29.4 Å². The van der Waals surface area contributed by atoms with Gasteiger partial charge in [0.25, 0.3) is 0 Å². The number of aliphatic hydroxyl groups excluding tert-OH is 2. The number of hydrogen-bond acceptors (Lipinski definition) is 7. The molecule has 8 nitrogen and oxygen atoms in total. The summed E-state index contributed by atoms with van der Waals surface area (Å²) in [5.74, 6) is -1.68. The van der Waals surface area contributed by atoms with E-state index in [-0.39, 0.29) is 24.2 Å². The van der Waals surface area contributed by atoms with E-state index < -0.39 is 30.0 Å². The van der Waals surface area contributed by atoms with E-state index in [0.29, 0.717) is 42.3 Å². The first kappa shape index (κ1) is 29.7. The number of anilines is 1. The number of para-hydroxylation sites is 1. The fourth-order valence-corrected chi connectivity index (χ4v) is 6.53. The maximum Gasteiger partial charge on any atom is 0.238 e. The molecule has 1 saturated heterocycles. The molecule has 1 aliphatic heterocycles. The molecule has 8 heteroatoms. The third-order valence-electron chi connectivity index (χ3n) is 8.61. The van der Waals surface area contributed by atoms with Gasteiger partial charge in [-0.05, 0) is 76.8 Å². The summed E-state index contributed by atoms with van der Waals surface area (Å²) < 4.78 is 5.93. The van der Waals surface area contributed by atoms with Crippen molar-refractivity contribution in [1.82, 2.24) is 0 Å². The van der Waals surface area contributed by atoms with E-state index in [9.17, 15) is 19.8 Å². The topological polar surface area (TPSA) is 109 Å². The summed E-state index contributed by atoms with van der Waals surface area (Å²) in [6.45, 7) is 6.53. The Morgan fingerprint density at radius 1 is 0.952 bits per heavy atom. The standard InChI is InChI=1S/C34H40N2O6/c1-21(2)9-7-10-22(3)17-18-41-35-28-20-29(37)32(38)30-26(28)15-16-27-31(30)34(40)36(33(27)39)23-11-8-14-25(19-23)42-24-12-5-4-6-13-24/h4-6,8-9,11-14,17,19,26-27,29-32,37-38H,7,10,15-16,18,20H2,1-3H3/b22-17+,35-28+/t26-,27+,29+,30-,31+,32+/m0/s1. The molecule has 2 aromatic rings. The fourth-order valence-electron chi connectivity index (χ4n) is 6.53. The van der Waals surface area contributed by atoms with Crippen molar-refractivity contribution in [3.63, 3.8) is 0 Å². The van der Waals surface area contributed by atoms with Crippen LogP contribution >= 0.6 is 0 Å². The highest BCUT2D eigenvalue weighted by Crippen LogP contribution is 2.50. The van der Waals surface area contributed by atoms with E-state index in [1.807, 2.05) is 36.4 Å².